The molecule has 30 heavy (non-hydrogen) atoms. The van der Waals surface area contributed by atoms with Crippen LogP contribution in [0, 0.1) is 0 Å². The summed E-state index contributed by atoms with van der Waals surface area (Å²) >= 11 is 6.26. The number of methoxy groups -OCH3 is 1. The highest BCUT2D eigenvalue weighted by Gasteiger charge is 2.20. The van der Waals surface area contributed by atoms with Crippen LogP contribution < -0.4 is 20.1 Å². The summed E-state index contributed by atoms with van der Waals surface area (Å²) in [5.41, 5.74) is 1.12. The van der Waals surface area contributed by atoms with Gasteiger partial charge >= 0.3 is 6.03 Å². The van der Waals surface area contributed by atoms with E-state index in [-0.39, 0.29) is 16.6 Å². The fraction of sp³-hybridized carbons (Fsp3) is 0.391. The van der Waals surface area contributed by atoms with Crippen molar-refractivity contribution in [3.63, 3.8) is 0 Å². The molecule has 0 unspecified atom stereocenters. The third-order valence-electron chi connectivity index (χ3n) is 5.15. The number of ether oxygens (including phenoxy) is 2. The number of amides is 3. The maximum absolute atomic E-state index is 12.7. The Bertz CT molecular complexity index is 865. The van der Waals surface area contributed by atoms with Gasteiger partial charge in [-0.05, 0) is 24.5 Å². The van der Waals surface area contributed by atoms with E-state index in [1.165, 1.54) is 32.1 Å². The molecule has 0 radical (unpaired) electrons. The van der Waals surface area contributed by atoms with Gasteiger partial charge in [0.05, 0.1) is 17.7 Å². The predicted octanol–water partition coefficient (Wildman–Crippen LogP) is 5.09. The van der Waals surface area contributed by atoms with Crippen molar-refractivity contribution in [3.8, 4) is 11.5 Å². The number of halogens is 1. The lowest BCUT2D eigenvalue weighted by Crippen LogP contribution is -2.44. The van der Waals surface area contributed by atoms with Crippen LogP contribution in [0.4, 0.5) is 4.79 Å². The lowest BCUT2D eigenvalue weighted by Gasteiger charge is -2.17. The fourth-order valence-electron chi connectivity index (χ4n) is 3.53. The largest absolute Gasteiger partial charge is 0.493 e. The molecule has 6 nitrogen and oxygen atoms in total. The van der Waals surface area contributed by atoms with Crippen molar-refractivity contribution in [2.45, 2.75) is 51.2 Å². The van der Waals surface area contributed by atoms with Crippen molar-refractivity contribution in [2.75, 3.05) is 7.11 Å². The van der Waals surface area contributed by atoms with Crippen LogP contribution in [0.15, 0.2) is 42.5 Å². The molecule has 0 heterocycles. The molecule has 2 N–H and O–H groups in total. The van der Waals surface area contributed by atoms with Crippen molar-refractivity contribution in [3.05, 3.63) is 58.6 Å². The van der Waals surface area contributed by atoms with Gasteiger partial charge in [-0.25, -0.2) is 4.79 Å². The average molecular weight is 431 g/mol. The Morgan fingerprint density at radius 2 is 1.73 bits per heavy atom. The van der Waals surface area contributed by atoms with Gasteiger partial charge < -0.3 is 14.8 Å². The van der Waals surface area contributed by atoms with E-state index in [4.69, 9.17) is 21.1 Å². The molecule has 1 aliphatic carbocycles. The van der Waals surface area contributed by atoms with Gasteiger partial charge in [0.2, 0.25) is 0 Å². The van der Waals surface area contributed by atoms with Gasteiger partial charge in [-0.2, -0.15) is 0 Å². The predicted molar refractivity (Wildman–Crippen MR) is 116 cm³/mol. The van der Waals surface area contributed by atoms with Crippen LogP contribution in [0.3, 0.4) is 0 Å². The summed E-state index contributed by atoms with van der Waals surface area (Å²) in [6.45, 7) is 0.308. The number of carbonyl (C=O) groups excluding carboxylic acids is 2. The van der Waals surface area contributed by atoms with E-state index in [2.05, 4.69) is 10.6 Å². The van der Waals surface area contributed by atoms with Crippen molar-refractivity contribution in [2.24, 2.45) is 0 Å². The highest BCUT2D eigenvalue weighted by molar-refractivity contribution is 6.34. The van der Waals surface area contributed by atoms with E-state index in [0.29, 0.717) is 18.1 Å². The zero-order chi connectivity index (χ0) is 21.3. The molecule has 160 valence electrons. The summed E-state index contributed by atoms with van der Waals surface area (Å²) in [6.07, 6.45) is 6.42. The number of imide groups is 1. The van der Waals surface area contributed by atoms with E-state index in [1.807, 2.05) is 30.3 Å². The van der Waals surface area contributed by atoms with E-state index in [1.54, 1.807) is 0 Å². The van der Waals surface area contributed by atoms with Crippen LogP contribution in [0.5, 0.6) is 11.5 Å². The van der Waals surface area contributed by atoms with Gasteiger partial charge in [0.15, 0.2) is 11.5 Å². The van der Waals surface area contributed by atoms with Crippen LogP contribution in [0.1, 0.15) is 54.4 Å². The van der Waals surface area contributed by atoms with Gasteiger partial charge in [0.25, 0.3) is 5.91 Å². The average Bonchev–Trinajstić information content (AvgIpc) is 3.01. The van der Waals surface area contributed by atoms with Crippen LogP contribution in [0.2, 0.25) is 5.02 Å². The number of rotatable bonds is 6. The number of carbonyl (C=O) groups is 2. The topological polar surface area (TPSA) is 76.7 Å². The second-order valence-electron chi connectivity index (χ2n) is 7.37. The van der Waals surface area contributed by atoms with Gasteiger partial charge in [0.1, 0.15) is 6.61 Å². The lowest BCUT2D eigenvalue weighted by molar-refractivity contribution is 0.0962. The zero-order valence-electron chi connectivity index (χ0n) is 17.1. The Balaban J connectivity index is 1.67. The number of benzene rings is 2. The van der Waals surface area contributed by atoms with Gasteiger partial charge in [-0.1, -0.05) is 67.6 Å². The molecule has 0 aliphatic heterocycles. The smallest absolute Gasteiger partial charge is 0.321 e. The SMILES string of the molecule is COc1cc(Cl)c(C(=O)NC(=O)NC2CCCCCC2)cc1OCc1ccccc1. The molecular weight excluding hydrogens is 404 g/mol. The molecule has 3 amide bonds. The highest BCUT2D eigenvalue weighted by atomic mass is 35.5. The lowest BCUT2D eigenvalue weighted by atomic mass is 10.1. The Hall–Kier alpha value is -2.73. The maximum atomic E-state index is 12.7. The van der Waals surface area contributed by atoms with Crippen LogP contribution in [-0.4, -0.2) is 25.1 Å². The quantitative estimate of drug-likeness (QED) is 0.626. The fourth-order valence-corrected chi connectivity index (χ4v) is 3.77. The van der Waals surface area contributed by atoms with Crippen molar-refractivity contribution >= 4 is 23.5 Å². The molecule has 3 rings (SSSR count). The molecule has 1 saturated carbocycles. The molecule has 0 atom stereocenters. The van der Waals surface area contributed by atoms with E-state index < -0.39 is 11.9 Å². The molecule has 2 aromatic rings. The Morgan fingerprint density at radius 3 is 2.40 bits per heavy atom. The summed E-state index contributed by atoms with van der Waals surface area (Å²) in [6, 6.07) is 12.2. The summed E-state index contributed by atoms with van der Waals surface area (Å²) in [5, 5.41) is 5.45. The second-order valence-corrected chi connectivity index (χ2v) is 7.78. The minimum absolute atomic E-state index is 0.0939. The molecule has 0 saturated heterocycles. The van der Waals surface area contributed by atoms with Gasteiger partial charge in [-0.3, -0.25) is 10.1 Å². The van der Waals surface area contributed by atoms with Crippen molar-refractivity contribution < 1.29 is 19.1 Å². The molecule has 0 aromatic heterocycles. The third kappa shape index (κ3) is 6.13. The molecule has 2 aromatic carbocycles. The molecule has 0 bridgehead atoms. The third-order valence-corrected chi connectivity index (χ3v) is 5.47. The zero-order valence-corrected chi connectivity index (χ0v) is 17.8. The number of hydrogen-bond donors (Lipinski definition) is 2. The molecule has 1 fully saturated rings. The summed E-state index contributed by atoms with van der Waals surface area (Å²) in [4.78, 5) is 25.0. The number of hydrogen-bond acceptors (Lipinski definition) is 4. The molecule has 0 spiro atoms. The number of urea groups is 1. The first-order valence-corrected chi connectivity index (χ1v) is 10.6. The summed E-state index contributed by atoms with van der Waals surface area (Å²) in [7, 11) is 1.50. The summed E-state index contributed by atoms with van der Waals surface area (Å²) in [5.74, 6) is 0.203. The first-order valence-electron chi connectivity index (χ1n) is 10.2. The van der Waals surface area contributed by atoms with Gasteiger partial charge in [0, 0.05) is 12.1 Å². The maximum Gasteiger partial charge on any atom is 0.321 e. The van der Waals surface area contributed by atoms with Crippen molar-refractivity contribution in [1.82, 2.24) is 10.6 Å². The second kappa shape index (κ2) is 10.9. The van der Waals surface area contributed by atoms with Gasteiger partial charge in [-0.15, -0.1) is 0 Å². The standard InChI is InChI=1S/C23H27ClN2O4/c1-29-20-14-19(24)18(13-21(20)30-15-16-9-5-4-6-10-16)22(27)26-23(28)25-17-11-7-2-3-8-12-17/h4-6,9-10,13-14,17H,2-3,7-8,11-12,15H2,1H3,(H2,25,26,27,28). The molecule has 1 aliphatic rings. The number of nitrogens with one attached hydrogen (secondary N) is 2. The van der Waals surface area contributed by atoms with Crippen LogP contribution in [0.25, 0.3) is 0 Å². The monoisotopic (exact) mass is 430 g/mol. The van der Waals surface area contributed by atoms with E-state index in [9.17, 15) is 9.59 Å². The molecular formula is C23H27ClN2O4. The Kier molecular flexibility index (Phi) is 7.97. The minimum Gasteiger partial charge on any atom is -0.493 e. The van der Waals surface area contributed by atoms with E-state index >= 15 is 0 Å². The highest BCUT2D eigenvalue weighted by Crippen LogP contribution is 2.34. The van der Waals surface area contributed by atoms with E-state index in [0.717, 1.165) is 31.2 Å². The van der Waals surface area contributed by atoms with Crippen molar-refractivity contribution in [1.29, 1.82) is 0 Å². The Morgan fingerprint density at radius 1 is 1.03 bits per heavy atom. The first-order chi connectivity index (χ1) is 14.6. The Labute approximate surface area is 181 Å². The minimum atomic E-state index is -0.585. The van der Waals surface area contributed by atoms with Crippen LogP contribution in [-0.2, 0) is 6.61 Å². The first kappa shape index (κ1) is 22.0. The van der Waals surface area contributed by atoms with Crippen LogP contribution >= 0.6 is 11.6 Å². The summed E-state index contributed by atoms with van der Waals surface area (Å²) < 4.78 is 11.2. The normalized spacial score (nSPS) is 14.5. The molecule has 7 heteroatoms.